The highest BCUT2D eigenvalue weighted by Gasteiger charge is 1.95. The van der Waals surface area contributed by atoms with Crippen LogP contribution in [0.3, 0.4) is 0 Å². The molecule has 1 heteroatoms. The van der Waals surface area contributed by atoms with E-state index in [0.29, 0.717) is 5.92 Å². The Morgan fingerprint density at radius 3 is 2.40 bits per heavy atom. The van der Waals surface area contributed by atoms with Crippen molar-refractivity contribution in [3.8, 4) is 0 Å². The smallest absolute Gasteiger partial charge is 0.0384 e. The molecule has 0 aliphatic carbocycles. The van der Waals surface area contributed by atoms with Gasteiger partial charge < -0.3 is 5.32 Å². The number of hydrogen-bond donors (Lipinski definition) is 1. The zero-order valence-corrected chi connectivity index (χ0v) is 9.70. The number of benzene rings is 1. The molecule has 0 aromatic heterocycles. The molecule has 0 saturated heterocycles. The molecule has 0 aliphatic heterocycles. The molecule has 0 radical (unpaired) electrons. The Balaban J connectivity index is 2.76. The van der Waals surface area contributed by atoms with E-state index in [9.17, 15) is 0 Å². The van der Waals surface area contributed by atoms with Crippen LogP contribution in [0, 0.1) is 5.92 Å². The molecule has 0 spiro atoms. The van der Waals surface area contributed by atoms with Crippen molar-refractivity contribution >= 4 is 5.69 Å². The van der Waals surface area contributed by atoms with Crippen molar-refractivity contribution in [1.82, 2.24) is 0 Å². The number of para-hydroxylation sites is 1. The van der Waals surface area contributed by atoms with E-state index in [1.165, 1.54) is 0 Å². The van der Waals surface area contributed by atoms with Crippen molar-refractivity contribution in [2.24, 2.45) is 5.92 Å². The molecule has 0 amide bonds. The molecule has 0 bridgehead atoms. The summed E-state index contributed by atoms with van der Waals surface area (Å²) < 4.78 is 0. The summed E-state index contributed by atoms with van der Waals surface area (Å²) in [5.41, 5.74) is 2.28. The van der Waals surface area contributed by atoms with Crippen molar-refractivity contribution in [3.05, 3.63) is 54.3 Å². The van der Waals surface area contributed by atoms with Gasteiger partial charge in [0, 0.05) is 11.4 Å². The first-order chi connectivity index (χ1) is 7.22. The predicted molar refractivity (Wildman–Crippen MR) is 67.8 cm³/mol. The van der Waals surface area contributed by atoms with E-state index in [-0.39, 0.29) is 0 Å². The monoisotopic (exact) mass is 201 g/mol. The average Bonchev–Trinajstić information content (AvgIpc) is 2.18. The van der Waals surface area contributed by atoms with Crippen molar-refractivity contribution in [3.63, 3.8) is 0 Å². The maximum atomic E-state index is 3.39. The Morgan fingerprint density at radius 2 is 1.87 bits per heavy atom. The lowest BCUT2D eigenvalue weighted by atomic mass is 10.1. The van der Waals surface area contributed by atoms with Gasteiger partial charge in [-0.1, -0.05) is 44.2 Å². The van der Waals surface area contributed by atoms with Crippen molar-refractivity contribution < 1.29 is 0 Å². The fourth-order valence-electron chi connectivity index (χ4n) is 1.37. The summed E-state index contributed by atoms with van der Waals surface area (Å²) in [6, 6.07) is 10.2. The van der Waals surface area contributed by atoms with Crippen LogP contribution < -0.4 is 5.32 Å². The molecule has 1 N–H and O–H groups in total. The quantitative estimate of drug-likeness (QED) is 0.719. The maximum Gasteiger partial charge on any atom is 0.0384 e. The van der Waals surface area contributed by atoms with Crippen LogP contribution in [0.15, 0.2) is 54.3 Å². The zero-order chi connectivity index (χ0) is 11.1. The second kappa shape index (κ2) is 6.07. The Labute approximate surface area is 92.5 Å². The Morgan fingerprint density at radius 1 is 1.20 bits per heavy atom. The van der Waals surface area contributed by atoms with Crippen LogP contribution in [0.1, 0.15) is 20.8 Å². The predicted octanol–water partition coefficient (Wildman–Crippen LogP) is 4.21. The molecule has 80 valence electrons. The van der Waals surface area contributed by atoms with Crippen LogP contribution in [-0.4, -0.2) is 0 Å². The summed E-state index contributed by atoms with van der Waals surface area (Å²) in [6.45, 7) is 6.38. The van der Waals surface area contributed by atoms with E-state index in [2.05, 4.69) is 43.4 Å². The number of allylic oxidation sites excluding steroid dienone is 3. The second-order valence-electron chi connectivity index (χ2n) is 3.86. The molecule has 1 aromatic carbocycles. The SMILES string of the molecule is C/C=C\C(=C/C(C)C)Nc1ccccc1. The van der Waals surface area contributed by atoms with E-state index < -0.39 is 0 Å². The average molecular weight is 201 g/mol. The number of rotatable bonds is 4. The molecule has 0 atom stereocenters. The molecule has 0 aliphatic rings. The molecular formula is C14H19N. The minimum Gasteiger partial charge on any atom is -0.356 e. The lowest BCUT2D eigenvalue weighted by Crippen LogP contribution is -1.98. The number of anilines is 1. The highest BCUT2D eigenvalue weighted by Crippen LogP contribution is 2.11. The first kappa shape index (κ1) is 11.6. The van der Waals surface area contributed by atoms with E-state index in [1.807, 2.05) is 31.2 Å². The van der Waals surface area contributed by atoms with E-state index >= 15 is 0 Å². The minimum atomic E-state index is 0.549. The molecular weight excluding hydrogens is 182 g/mol. The highest BCUT2D eigenvalue weighted by atomic mass is 14.9. The zero-order valence-electron chi connectivity index (χ0n) is 9.70. The van der Waals surface area contributed by atoms with Gasteiger partial charge in [0.25, 0.3) is 0 Å². The Kier molecular flexibility index (Phi) is 4.69. The van der Waals surface area contributed by atoms with Gasteiger partial charge >= 0.3 is 0 Å². The van der Waals surface area contributed by atoms with E-state index in [0.717, 1.165) is 11.4 Å². The van der Waals surface area contributed by atoms with Gasteiger partial charge in [-0.2, -0.15) is 0 Å². The summed E-state index contributed by atoms with van der Waals surface area (Å²) in [4.78, 5) is 0. The fraction of sp³-hybridized carbons (Fsp3) is 0.286. The van der Waals surface area contributed by atoms with Gasteiger partial charge in [-0.25, -0.2) is 0 Å². The largest absolute Gasteiger partial charge is 0.356 e. The number of hydrogen-bond acceptors (Lipinski definition) is 1. The normalized spacial score (nSPS) is 12.4. The van der Waals surface area contributed by atoms with Crippen LogP contribution in [-0.2, 0) is 0 Å². The topological polar surface area (TPSA) is 12.0 Å². The lowest BCUT2D eigenvalue weighted by molar-refractivity contribution is 0.825. The molecule has 1 nitrogen and oxygen atoms in total. The van der Waals surface area contributed by atoms with Crippen LogP contribution in [0.25, 0.3) is 0 Å². The third kappa shape index (κ3) is 4.50. The van der Waals surface area contributed by atoms with Gasteiger partial charge in [0.15, 0.2) is 0 Å². The van der Waals surface area contributed by atoms with Gasteiger partial charge in [0.1, 0.15) is 0 Å². The van der Waals surface area contributed by atoms with Crippen LogP contribution >= 0.6 is 0 Å². The Bertz CT molecular complexity index is 334. The van der Waals surface area contributed by atoms with Crippen molar-refractivity contribution in [2.45, 2.75) is 20.8 Å². The van der Waals surface area contributed by atoms with E-state index in [4.69, 9.17) is 0 Å². The standard InChI is InChI=1S/C14H19N/c1-4-8-14(11-12(2)3)15-13-9-6-5-7-10-13/h4-12,15H,1-3H3/b8-4-,14-11+. The highest BCUT2D eigenvalue weighted by molar-refractivity contribution is 5.50. The third-order valence-electron chi connectivity index (χ3n) is 1.92. The van der Waals surface area contributed by atoms with Crippen molar-refractivity contribution in [2.75, 3.05) is 5.32 Å². The van der Waals surface area contributed by atoms with Gasteiger partial charge in [0.05, 0.1) is 0 Å². The molecule has 0 saturated carbocycles. The van der Waals surface area contributed by atoms with Crippen LogP contribution in [0.5, 0.6) is 0 Å². The van der Waals surface area contributed by atoms with Crippen LogP contribution in [0.2, 0.25) is 0 Å². The second-order valence-corrected chi connectivity index (χ2v) is 3.86. The summed E-state index contributed by atoms with van der Waals surface area (Å²) in [5, 5.41) is 3.39. The molecule has 0 heterocycles. The van der Waals surface area contributed by atoms with Gasteiger partial charge in [-0.3, -0.25) is 0 Å². The molecule has 1 rings (SSSR count). The third-order valence-corrected chi connectivity index (χ3v) is 1.92. The van der Waals surface area contributed by atoms with Gasteiger partial charge in [-0.05, 0) is 31.1 Å². The van der Waals surface area contributed by atoms with Gasteiger partial charge in [-0.15, -0.1) is 0 Å². The fourth-order valence-corrected chi connectivity index (χ4v) is 1.37. The number of nitrogens with one attached hydrogen (secondary N) is 1. The lowest BCUT2D eigenvalue weighted by Gasteiger charge is -2.08. The molecule has 1 aromatic rings. The van der Waals surface area contributed by atoms with Crippen LogP contribution in [0.4, 0.5) is 5.69 Å². The van der Waals surface area contributed by atoms with Gasteiger partial charge in [0.2, 0.25) is 0 Å². The molecule has 0 unspecified atom stereocenters. The van der Waals surface area contributed by atoms with Crippen molar-refractivity contribution in [1.29, 1.82) is 0 Å². The Hall–Kier alpha value is -1.50. The maximum absolute atomic E-state index is 3.39. The first-order valence-corrected chi connectivity index (χ1v) is 5.39. The minimum absolute atomic E-state index is 0.549. The van der Waals surface area contributed by atoms with E-state index in [1.54, 1.807) is 0 Å². The first-order valence-electron chi connectivity index (χ1n) is 5.39. The summed E-state index contributed by atoms with van der Waals surface area (Å²) >= 11 is 0. The summed E-state index contributed by atoms with van der Waals surface area (Å²) in [6.07, 6.45) is 6.35. The summed E-state index contributed by atoms with van der Waals surface area (Å²) in [5.74, 6) is 0.549. The summed E-state index contributed by atoms with van der Waals surface area (Å²) in [7, 11) is 0. The molecule has 0 fully saturated rings. The molecule has 15 heavy (non-hydrogen) atoms.